The lowest BCUT2D eigenvalue weighted by atomic mass is 10.1. The smallest absolute Gasteiger partial charge is 0.320 e. The van der Waals surface area contributed by atoms with E-state index in [1.54, 1.807) is 7.05 Å². The van der Waals surface area contributed by atoms with Gasteiger partial charge in [0.1, 0.15) is 0 Å². The number of carbonyl (C=O) groups is 3. The van der Waals surface area contributed by atoms with Gasteiger partial charge in [0.15, 0.2) is 0 Å². The molecule has 2 amide bonds. The van der Waals surface area contributed by atoms with Gasteiger partial charge in [0.2, 0.25) is 0 Å². The summed E-state index contributed by atoms with van der Waals surface area (Å²) in [6.07, 6.45) is 0.611. The van der Waals surface area contributed by atoms with Gasteiger partial charge in [-0.05, 0) is 6.42 Å². The molecule has 0 bridgehead atoms. The Hall–Kier alpha value is -1.83. The largest absolute Gasteiger partial charge is 0.481 e. The van der Waals surface area contributed by atoms with E-state index in [1.807, 2.05) is 0 Å². The van der Waals surface area contributed by atoms with Crippen molar-refractivity contribution in [1.82, 2.24) is 9.80 Å². The molecule has 8 heteroatoms. The van der Waals surface area contributed by atoms with Crippen LogP contribution >= 0.6 is 0 Å². The van der Waals surface area contributed by atoms with Gasteiger partial charge in [0.05, 0.1) is 32.8 Å². The molecule has 1 aliphatic heterocycles. The molecule has 0 radical (unpaired) electrons. The standard InChI is InChI=1S/C13H22N2O6/c1-14(5-3-4-12(18)20-2)13(19)15-6-7-21-9-10(15)8-11(16)17/h10H,3-9H2,1-2H3,(H,16,17). The molecule has 0 aromatic rings. The minimum atomic E-state index is -0.961. The molecule has 0 aliphatic carbocycles. The molecule has 8 nitrogen and oxygen atoms in total. The fraction of sp³-hybridized carbons (Fsp3) is 0.769. The lowest BCUT2D eigenvalue weighted by Crippen LogP contribution is -2.53. The van der Waals surface area contributed by atoms with Crippen molar-refractivity contribution in [2.45, 2.75) is 25.3 Å². The van der Waals surface area contributed by atoms with Gasteiger partial charge < -0.3 is 24.4 Å². The van der Waals surface area contributed by atoms with Crippen molar-refractivity contribution in [3.05, 3.63) is 0 Å². The highest BCUT2D eigenvalue weighted by Crippen LogP contribution is 2.13. The number of hydrogen-bond acceptors (Lipinski definition) is 5. The van der Waals surface area contributed by atoms with Crippen LogP contribution in [0.5, 0.6) is 0 Å². The summed E-state index contributed by atoms with van der Waals surface area (Å²) >= 11 is 0. The van der Waals surface area contributed by atoms with Crippen LogP contribution in [0.2, 0.25) is 0 Å². The maximum Gasteiger partial charge on any atom is 0.320 e. The van der Waals surface area contributed by atoms with Crippen LogP contribution in [-0.4, -0.2) is 79.4 Å². The average Bonchev–Trinajstić information content (AvgIpc) is 2.46. The highest BCUT2D eigenvalue weighted by Gasteiger charge is 2.30. The molecule has 1 saturated heterocycles. The molecule has 0 saturated carbocycles. The summed E-state index contributed by atoms with van der Waals surface area (Å²) in [4.78, 5) is 37.2. The number of amides is 2. The summed E-state index contributed by atoms with van der Waals surface area (Å²) in [7, 11) is 2.95. The molecule has 1 heterocycles. The van der Waals surface area contributed by atoms with E-state index < -0.39 is 12.0 Å². The molecule has 0 spiro atoms. The minimum absolute atomic E-state index is 0.137. The first-order valence-corrected chi connectivity index (χ1v) is 6.83. The quantitative estimate of drug-likeness (QED) is 0.702. The van der Waals surface area contributed by atoms with E-state index in [-0.39, 0.29) is 31.4 Å². The van der Waals surface area contributed by atoms with E-state index in [0.717, 1.165) is 0 Å². The lowest BCUT2D eigenvalue weighted by molar-refractivity contribution is -0.141. The topological polar surface area (TPSA) is 96.4 Å². The van der Waals surface area contributed by atoms with Gasteiger partial charge in [-0.25, -0.2) is 4.79 Å². The number of carboxylic acid groups (broad SMARTS) is 1. The number of carbonyl (C=O) groups excluding carboxylic acids is 2. The van der Waals surface area contributed by atoms with Crippen LogP contribution in [0.4, 0.5) is 4.79 Å². The summed E-state index contributed by atoms with van der Waals surface area (Å²) in [6.45, 7) is 1.41. The third-order valence-corrected chi connectivity index (χ3v) is 3.31. The Morgan fingerprint density at radius 2 is 2.14 bits per heavy atom. The Labute approximate surface area is 123 Å². The second-order valence-electron chi connectivity index (χ2n) is 4.90. The number of aliphatic carboxylic acids is 1. The molecule has 120 valence electrons. The summed E-state index contributed by atoms with van der Waals surface area (Å²) in [5.74, 6) is -1.28. The van der Waals surface area contributed by atoms with E-state index in [9.17, 15) is 14.4 Å². The number of methoxy groups -OCH3 is 1. The summed E-state index contributed by atoms with van der Waals surface area (Å²) < 4.78 is 9.77. The number of hydrogen-bond donors (Lipinski definition) is 1. The van der Waals surface area contributed by atoms with Crippen molar-refractivity contribution >= 4 is 18.0 Å². The number of morpholine rings is 1. The second-order valence-corrected chi connectivity index (χ2v) is 4.90. The molecule has 1 N–H and O–H groups in total. The van der Waals surface area contributed by atoms with Gasteiger partial charge in [-0.3, -0.25) is 9.59 Å². The summed E-state index contributed by atoms with van der Waals surface area (Å²) in [5, 5.41) is 8.88. The van der Waals surface area contributed by atoms with Crippen molar-refractivity contribution < 1.29 is 29.0 Å². The fourth-order valence-corrected chi connectivity index (χ4v) is 2.15. The molecule has 1 fully saturated rings. The molecular weight excluding hydrogens is 280 g/mol. The second kappa shape index (κ2) is 8.46. The zero-order valence-electron chi connectivity index (χ0n) is 12.4. The maximum atomic E-state index is 12.3. The molecule has 21 heavy (non-hydrogen) atoms. The number of esters is 1. The Morgan fingerprint density at radius 3 is 2.76 bits per heavy atom. The number of rotatable bonds is 6. The van der Waals surface area contributed by atoms with E-state index in [4.69, 9.17) is 9.84 Å². The van der Waals surface area contributed by atoms with Gasteiger partial charge in [0, 0.05) is 26.6 Å². The van der Waals surface area contributed by atoms with Crippen molar-refractivity contribution in [3.63, 3.8) is 0 Å². The van der Waals surface area contributed by atoms with Gasteiger partial charge in [-0.2, -0.15) is 0 Å². The highest BCUT2D eigenvalue weighted by atomic mass is 16.5. The predicted octanol–water partition coefficient (Wildman–Crippen LogP) is 0.167. The van der Waals surface area contributed by atoms with Gasteiger partial charge in [0.25, 0.3) is 0 Å². The number of nitrogens with zero attached hydrogens (tertiary/aromatic N) is 2. The lowest BCUT2D eigenvalue weighted by Gasteiger charge is -2.37. The normalized spacial score (nSPS) is 18.2. The maximum absolute atomic E-state index is 12.3. The monoisotopic (exact) mass is 302 g/mol. The molecule has 1 unspecified atom stereocenters. The fourth-order valence-electron chi connectivity index (χ4n) is 2.15. The Balaban J connectivity index is 2.49. The van der Waals surface area contributed by atoms with Crippen LogP contribution in [0.1, 0.15) is 19.3 Å². The van der Waals surface area contributed by atoms with E-state index in [0.29, 0.717) is 26.1 Å². The Bertz CT molecular complexity index is 387. The first-order chi connectivity index (χ1) is 9.95. The SMILES string of the molecule is COC(=O)CCCN(C)C(=O)N1CCOCC1CC(=O)O. The van der Waals surface area contributed by atoms with Gasteiger partial charge in [-0.15, -0.1) is 0 Å². The van der Waals surface area contributed by atoms with Crippen LogP contribution in [0, 0.1) is 0 Å². The van der Waals surface area contributed by atoms with Crippen LogP contribution in [0.25, 0.3) is 0 Å². The van der Waals surface area contributed by atoms with Crippen LogP contribution in [-0.2, 0) is 19.1 Å². The molecular formula is C13H22N2O6. The molecule has 0 aromatic carbocycles. The molecule has 0 aromatic heterocycles. The molecule has 1 rings (SSSR count). The summed E-state index contributed by atoms with van der Waals surface area (Å²) in [6, 6.07) is -0.693. The first kappa shape index (κ1) is 17.2. The van der Waals surface area contributed by atoms with E-state index >= 15 is 0 Å². The highest BCUT2D eigenvalue weighted by molar-refractivity contribution is 5.76. The first-order valence-electron chi connectivity index (χ1n) is 6.83. The van der Waals surface area contributed by atoms with E-state index in [2.05, 4.69) is 4.74 Å². The van der Waals surface area contributed by atoms with E-state index in [1.165, 1.54) is 16.9 Å². The van der Waals surface area contributed by atoms with Crippen LogP contribution in [0.3, 0.4) is 0 Å². The van der Waals surface area contributed by atoms with Gasteiger partial charge in [-0.1, -0.05) is 0 Å². The number of carboxylic acids is 1. The third-order valence-electron chi connectivity index (χ3n) is 3.31. The average molecular weight is 302 g/mol. The van der Waals surface area contributed by atoms with Gasteiger partial charge >= 0.3 is 18.0 Å². The van der Waals surface area contributed by atoms with Crippen molar-refractivity contribution in [2.75, 3.05) is 40.5 Å². The zero-order chi connectivity index (χ0) is 15.8. The number of urea groups is 1. The predicted molar refractivity (Wildman–Crippen MR) is 72.8 cm³/mol. The molecule has 1 atom stereocenters. The number of ether oxygens (including phenoxy) is 2. The van der Waals surface area contributed by atoms with Crippen LogP contribution in [0.15, 0.2) is 0 Å². The Morgan fingerprint density at radius 1 is 1.43 bits per heavy atom. The van der Waals surface area contributed by atoms with Crippen molar-refractivity contribution in [2.24, 2.45) is 0 Å². The minimum Gasteiger partial charge on any atom is -0.481 e. The Kier molecular flexibility index (Phi) is 6.93. The zero-order valence-corrected chi connectivity index (χ0v) is 12.4. The molecule has 1 aliphatic rings. The van der Waals surface area contributed by atoms with Crippen LogP contribution < -0.4 is 0 Å². The summed E-state index contributed by atoms with van der Waals surface area (Å²) in [5.41, 5.74) is 0. The van der Waals surface area contributed by atoms with Crippen molar-refractivity contribution in [1.29, 1.82) is 0 Å². The third kappa shape index (κ3) is 5.58. The van der Waals surface area contributed by atoms with Crippen molar-refractivity contribution in [3.8, 4) is 0 Å².